The summed E-state index contributed by atoms with van der Waals surface area (Å²) in [6, 6.07) is 0. The van der Waals surface area contributed by atoms with Gasteiger partial charge < -0.3 is 14.6 Å². The molecule has 0 heterocycles. The number of hydrogen-bond donors (Lipinski definition) is 1. The van der Waals surface area contributed by atoms with Gasteiger partial charge in [0.1, 0.15) is 6.79 Å². The summed E-state index contributed by atoms with van der Waals surface area (Å²) in [6.45, 7) is 4.11. The molecular formula is C6H14O3. The number of aliphatic hydroxyl groups excluding tert-OH is 1. The zero-order valence-electron chi connectivity index (χ0n) is 5.96. The van der Waals surface area contributed by atoms with E-state index in [1.54, 1.807) is 7.11 Å². The standard InChI is InChI=1S/C5H12O2.CH2O/c1-3-5(4-6)7-2;1-2/h5-6H,3-4H2,1-2H3;1H2. The van der Waals surface area contributed by atoms with Crippen LogP contribution in [0.25, 0.3) is 0 Å². The monoisotopic (exact) mass is 134 g/mol. The molecule has 3 nitrogen and oxygen atoms in total. The third-order valence-electron chi connectivity index (χ3n) is 0.992. The molecule has 9 heavy (non-hydrogen) atoms. The van der Waals surface area contributed by atoms with Gasteiger partial charge in [0.05, 0.1) is 12.7 Å². The van der Waals surface area contributed by atoms with Gasteiger partial charge >= 0.3 is 0 Å². The summed E-state index contributed by atoms with van der Waals surface area (Å²) in [5.41, 5.74) is 0. The Morgan fingerprint density at radius 2 is 2.11 bits per heavy atom. The van der Waals surface area contributed by atoms with Crippen LogP contribution >= 0.6 is 0 Å². The molecule has 0 rings (SSSR count). The van der Waals surface area contributed by atoms with Gasteiger partial charge in [-0.1, -0.05) is 6.92 Å². The Labute approximate surface area is 55.6 Å². The lowest BCUT2D eigenvalue weighted by Crippen LogP contribution is -2.13. The second-order valence-corrected chi connectivity index (χ2v) is 1.45. The summed E-state index contributed by atoms with van der Waals surface area (Å²) in [4.78, 5) is 8.00. The highest BCUT2D eigenvalue weighted by atomic mass is 16.5. The van der Waals surface area contributed by atoms with Gasteiger partial charge in [-0.25, -0.2) is 0 Å². The topological polar surface area (TPSA) is 46.5 Å². The lowest BCUT2D eigenvalue weighted by molar-refractivity contribution is -0.0979. The van der Waals surface area contributed by atoms with Crippen LogP contribution in [-0.4, -0.2) is 31.7 Å². The molecule has 0 bridgehead atoms. The van der Waals surface area contributed by atoms with Crippen molar-refractivity contribution in [2.75, 3.05) is 13.7 Å². The summed E-state index contributed by atoms with van der Waals surface area (Å²) in [5.74, 6) is 0. The Morgan fingerprint density at radius 3 is 2.11 bits per heavy atom. The lowest BCUT2D eigenvalue weighted by Gasteiger charge is -2.06. The quantitative estimate of drug-likeness (QED) is 0.600. The first-order valence-electron chi connectivity index (χ1n) is 2.77. The molecule has 0 saturated carbocycles. The third kappa shape index (κ3) is 7.59. The fraction of sp³-hybridized carbons (Fsp3) is 0.833. The molecule has 0 aromatic heterocycles. The molecule has 0 fully saturated rings. The number of aliphatic hydroxyl groups is 1. The van der Waals surface area contributed by atoms with Gasteiger partial charge in [0.2, 0.25) is 0 Å². The highest BCUT2D eigenvalue weighted by molar-refractivity contribution is 5.10. The van der Waals surface area contributed by atoms with Crippen molar-refractivity contribution in [3.63, 3.8) is 0 Å². The molecule has 0 aromatic carbocycles. The van der Waals surface area contributed by atoms with E-state index in [4.69, 9.17) is 14.6 Å². The molecule has 0 saturated heterocycles. The Hall–Kier alpha value is -0.410. The molecule has 0 aliphatic carbocycles. The minimum absolute atomic E-state index is 0.0417. The van der Waals surface area contributed by atoms with E-state index in [1.807, 2.05) is 13.7 Å². The first-order valence-corrected chi connectivity index (χ1v) is 2.77. The highest BCUT2D eigenvalue weighted by Gasteiger charge is 1.97. The Balaban J connectivity index is 0. The Bertz CT molecular complexity index is 38.1. The van der Waals surface area contributed by atoms with Crippen molar-refractivity contribution in [2.24, 2.45) is 0 Å². The minimum atomic E-state index is 0.0417. The van der Waals surface area contributed by atoms with Crippen LogP contribution in [0.4, 0.5) is 0 Å². The van der Waals surface area contributed by atoms with E-state index in [0.717, 1.165) is 6.42 Å². The molecule has 0 radical (unpaired) electrons. The van der Waals surface area contributed by atoms with E-state index in [9.17, 15) is 0 Å². The van der Waals surface area contributed by atoms with Gasteiger partial charge in [-0.2, -0.15) is 0 Å². The van der Waals surface area contributed by atoms with Crippen molar-refractivity contribution < 1.29 is 14.6 Å². The van der Waals surface area contributed by atoms with E-state index < -0.39 is 0 Å². The molecule has 0 amide bonds. The summed E-state index contributed by atoms with van der Waals surface area (Å²) in [5, 5.41) is 8.40. The third-order valence-corrected chi connectivity index (χ3v) is 0.992. The van der Waals surface area contributed by atoms with E-state index >= 15 is 0 Å². The number of rotatable bonds is 3. The van der Waals surface area contributed by atoms with Crippen molar-refractivity contribution >= 4 is 6.79 Å². The van der Waals surface area contributed by atoms with Gasteiger partial charge in [0.15, 0.2) is 0 Å². The van der Waals surface area contributed by atoms with Crippen molar-refractivity contribution in [1.29, 1.82) is 0 Å². The second-order valence-electron chi connectivity index (χ2n) is 1.45. The van der Waals surface area contributed by atoms with Crippen LogP contribution in [0.2, 0.25) is 0 Å². The molecule has 0 spiro atoms. The van der Waals surface area contributed by atoms with Crippen LogP contribution in [0.1, 0.15) is 13.3 Å². The number of ether oxygens (including phenoxy) is 1. The number of methoxy groups -OCH3 is 1. The first-order chi connectivity index (χ1) is 4.35. The van der Waals surface area contributed by atoms with Gasteiger partial charge in [-0.15, -0.1) is 0 Å². The van der Waals surface area contributed by atoms with Crippen molar-refractivity contribution in [3.8, 4) is 0 Å². The molecule has 0 aliphatic rings. The Kier molecular flexibility index (Phi) is 13.4. The van der Waals surface area contributed by atoms with Crippen LogP contribution in [-0.2, 0) is 9.53 Å². The summed E-state index contributed by atoms with van der Waals surface area (Å²) in [7, 11) is 1.60. The minimum Gasteiger partial charge on any atom is -0.394 e. The predicted octanol–water partition coefficient (Wildman–Crippen LogP) is 0.219. The van der Waals surface area contributed by atoms with Crippen LogP contribution in [0.15, 0.2) is 0 Å². The van der Waals surface area contributed by atoms with Crippen molar-refractivity contribution in [3.05, 3.63) is 0 Å². The average molecular weight is 134 g/mol. The fourth-order valence-corrected chi connectivity index (χ4v) is 0.370. The zero-order chi connectivity index (χ0) is 7.70. The van der Waals surface area contributed by atoms with E-state index in [1.165, 1.54) is 0 Å². The zero-order valence-corrected chi connectivity index (χ0v) is 5.96. The van der Waals surface area contributed by atoms with Crippen molar-refractivity contribution in [1.82, 2.24) is 0 Å². The van der Waals surface area contributed by atoms with E-state index in [2.05, 4.69) is 0 Å². The molecule has 3 heteroatoms. The van der Waals surface area contributed by atoms with E-state index in [-0.39, 0.29) is 12.7 Å². The highest BCUT2D eigenvalue weighted by Crippen LogP contribution is 1.91. The normalized spacial score (nSPS) is 11.4. The van der Waals surface area contributed by atoms with E-state index in [0.29, 0.717) is 0 Å². The van der Waals surface area contributed by atoms with Gasteiger partial charge in [0, 0.05) is 7.11 Å². The molecule has 1 N–H and O–H groups in total. The molecule has 56 valence electrons. The van der Waals surface area contributed by atoms with Crippen molar-refractivity contribution in [2.45, 2.75) is 19.4 Å². The first kappa shape index (κ1) is 11.4. The van der Waals surface area contributed by atoms with Crippen LogP contribution in [0, 0.1) is 0 Å². The largest absolute Gasteiger partial charge is 0.394 e. The SMILES string of the molecule is C=O.CCC(CO)OC. The maximum absolute atomic E-state index is 8.40. The number of hydrogen-bond acceptors (Lipinski definition) is 3. The summed E-state index contributed by atoms with van der Waals surface area (Å²) >= 11 is 0. The average Bonchev–Trinajstić information content (AvgIpc) is 1.96. The number of carbonyl (C=O) groups excluding carboxylic acids is 1. The predicted molar refractivity (Wildman–Crippen MR) is 35.3 cm³/mol. The van der Waals surface area contributed by atoms with Gasteiger partial charge in [0.25, 0.3) is 0 Å². The molecule has 1 unspecified atom stereocenters. The molecule has 0 aliphatic heterocycles. The maximum atomic E-state index is 8.40. The van der Waals surface area contributed by atoms with Crippen LogP contribution in [0.5, 0.6) is 0 Å². The van der Waals surface area contributed by atoms with Crippen LogP contribution in [0.3, 0.4) is 0 Å². The smallest absolute Gasteiger partial charge is 0.106 e. The lowest BCUT2D eigenvalue weighted by atomic mass is 10.3. The summed E-state index contributed by atoms with van der Waals surface area (Å²) < 4.78 is 4.80. The van der Waals surface area contributed by atoms with Gasteiger partial charge in [-0.3, -0.25) is 0 Å². The Morgan fingerprint density at radius 1 is 1.67 bits per heavy atom. The number of carbonyl (C=O) groups is 1. The second kappa shape index (κ2) is 10.5. The molecular weight excluding hydrogens is 120 g/mol. The summed E-state index contributed by atoms with van der Waals surface area (Å²) in [6.07, 6.45) is 0.924. The van der Waals surface area contributed by atoms with Crippen LogP contribution < -0.4 is 0 Å². The van der Waals surface area contributed by atoms with Gasteiger partial charge in [-0.05, 0) is 6.42 Å². The maximum Gasteiger partial charge on any atom is 0.106 e. The molecule has 0 aromatic rings. The molecule has 1 atom stereocenters. The fourth-order valence-electron chi connectivity index (χ4n) is 0.370.